The number of halogens is 1. The number of thiol groups is 1. The van der Waals surface area contributed by atoms with Crippen molar-refractivity contribution in [1.29, 1.82) is 0 Å². The van der Waals surface area contributed by atoms with E-state index in [1.807, 2.05) is 30.3 Å². The van der Waals surface area contributed by atoms with Crippen LogP contribution in [0, 0.1) is 5.82 Å². The molecule has 104 valence electrons. The lowest BCUT2D eigenvalue weighted by Gasteiger charge is -2.16. The van der Waals surface area contributed by atoms with E-state index in [2.05, 4.69) is 5.41 Å². The molecule has 0 N–H and O–H groups in total. The van der Waals surface area contributed by atoms with E-state index in [0.717, 1.165) is 16.7 Å². The second-order valence-corrected chi connectivity index (χ2v) is 8.65. The zero-order valence-electron chi connectivity index (χ0n) is 10.7. The first-order valence-electron chi connectivity index (χ1n) is 6.03. The van der Waals surface area contributed by atoms with Crippen molar-refractivity contribution in [3.63, 3.8) is 0 Å². The largest absolute Gasteiger partial charge is 0.224 e. The van der Waals surface area contributed by atoms with Crippen LogP contribution >= 0.6 is 10.9 Å². The van der Waals surface area contributed by atoms with Crippen LogP contribution in [0.3, 0.4) is 0 Å². The Morgan fingerprint density at radius 1 is 1.10 bits per heavy atom. The van der Waals surface area contributed by atoms with Gasteiger partial charge in [-0.05, 0) is 46.2 Å². The number of rotatable bonds is 2. The van der Waals surface area contributed by atoms with Crippen LogP contribution in [-0.2, 0) is 9.84 Å². The van der Waals surface area contributed by atoms with Crippen LogP contribution in [0.2, 0.25) is 0 Å². The Kier molecular flexibility index (Phi) is 3.18. The van der Waals surface area contributed by atoms with Gasteiger partial charge in [0.15, 0.2) is 9.84 Å². The van der Waals surface area contributed by atoms with Gasteiger partial charge in [0.2, 0.25) is 0 Å². The van der Waals surface area contributed by atoms with Crippen molar-refractivity contribution in [2.45, 2.75) is 14.7 Å². The summed E-state index contributed by atoms with van der Waals surface area (Å²) >= 11 is 0. The summed E-state index contributed by atoms with van der Waals surface area (Å²) in [4.78, 5) is 1.76. The van der Waals surface area contributed by atoms with Crippen molar-refractivity contribution in [1.82, 2.24) is 0 Å². The summed E-state index contributed by atoms with van der Waals surface area (Å²) in [6, 6.07) is 12.4. The van der Waals surface area contributed by atoms with Gasteiger partial charge in [-0.3, -0.25) is 0 Å². The van der Waals surface area contributed by atoms with Crippen LogP contribution in [0.25, 0.3) is 6.08 Å². The first kappa shape index (κ1) is 13.4. The molecule has 20 heavy (non-hydrogen) atoms. The van der Waals surface area contributed by atoms with E-state index < -0.39 is 26.5 Å². The highest BCUT2D eigenvalue weighted by molar-refractivity contribution is 8.20. The average molecular weight is 308 g/mol. The van der Waals surface area contributed by atoms with Gasteiger partial charge in [-0.25, -0.2) is 12.8 Å². The van der Waals surface area contributed by atoms with Crippen molar-refractivity contribution in [2.24, 2.45) is 0 Å². The third-order valence-corrected chi connectivity index (χ3v) is 6.53. The highest BCUT2D eigenvalue weighted by atomic mass is 32.2. The zero-order chi connectivity index (χ0) is 14.3. The Morgan fingerprint density at radius 3 is 2.55 bits per heavy atom. The number of hydrogen-bond donors (Lipinski definition) is 1. The van der Waals surface area contributed by atoms with E-state index >= 15 is 0 Å². The molecule has 3 rings (SSSR count). The number of fused-ring (bicyclic) bond motifs is 1. The van der Waals surface area contributed by atoms with Crippen LogP contribution < -0.4 is 0 Å². The summed E-state index contributed by atoms with van der Waals surface area (Å²) in [5.74, 6) is -0.676. The molecule has 0 fully saturated rings. The van der Waals surface area contributed by atoms with Crippen molar-refractivity contribution >= 4 is 26.8 Å². The van der Waals surface area contributed by atoms with Gasteiger partial charge in [-0.15, -0.1) is 0 Å². The average Bonchev–Trinajstić information content (AvgIpc) is 2.80. The SMILES string of the molecule is CS(=O)(=O)c1ccc([SH]2C=Cc3ccccc32)cc1F. The Bertz CT molecular complexity index is 810. The number of sulfone groups is 1. The fourth-order valence-electron chi connectivity index (χ4n) is 2.25. The second kappa shape index (κ2) is 4.75. The van der Waals surface area contributed by atoms with Gasteiger partial charge in [0, 0.05) is 11.2 Å². The molecule has 2 aromatic rings. The highest BCUT2D eigenvalue weighted by Gasteiger charge is 2.19. The Morgan fingerprint density at radius 2 is 1.85 bits per heavy atom. The van der Waals surface area contributed by atoms with E-state index in [4.69, 9.17) is 0 Å². The third-order valence-electron chi connectivity index (χ3n) is 3.19. The molecule has 1 aliphatic rings. The van der Waals surface area contributed by atoms with Gasteiger partial charge >= 0.3 is 0 Å². The summed E-state index contributed by atoms with van der Waals surface area (Å²) in [5.41, 5.74) is 1.14. The third kappa shape index (κ3) is 2.27. The molecule has 1 atom stereocenters. The molecule has 2 nitrogen and oxygen atoms in total. The van der Waals surface area contributed by atoms with Crippen molar-refractivity contribution < 1.29 is 12.8 Å². The molecule has 0 radical (unpaired) electrons. The first-order valence-corrected chi connectivity index (χ1v) is 9.33. The summed E-state index contributed by atoms with van der Waals surface area (Å²) in [6.07, 6.45) is 3.05. The van der Waals surface area contributed by atoms with Gasteiger partial charge in [0.1, 0.15) is 10.7 Å². The minimum Gasteiger partial charge on any atom is -0.224 e. The quantitative estimate of drug-likeness (QED) is 0.860. The smallest absolute Gasteiger partial charge is 0.178 e. The summed E-state index contributed by atoms with van der Waals surface area (Å²) in [5, 5.41) is 2.06. The predicted octanol–water partition coefficient (Wildman–Crippen LogP) is 3.63. The maximum Gasteiger partial charge on any atom is 0.178 e. The van der Waals surface area contributed by atoms with Gasteiger partial charge in [-0.1, -0.05) is 18.2 Å². The van der Waals surface area contributed by atoms with Gasteiger partial charge in [-0.2, -0.15) is 10.9 Å². The molecule has 1 unspecified atom stereocenters. The predicted molar refractivity (Wildman–Crippen MR) is 80.5 cm³/mol. The van der Waals surface area contributed by atoms with E-state index in [1.165, 1.54) is 17.0 Å². The van der Waals surface area contributed by atoms with Gasteiger partial charge < -0.3 is 0 Å². The maximum atomic E-state index is 14.0. The molecule has 0 saturated carbocycles. The van der Waals surface area contributed by atoms with Crippen LogP contribution in [0.4, 0.5) is 4.39 Å². The van der Waals surface area contributed by atoms with Crippen molar-refractivity contribution in [2.75, 3.05) is 6.26 Å². The molecule has 0 aromatic heterocycles. The number of hydrogen-bond acceptors (Lipinski definition) is 2. The van der Waals surface area contributed by atoms with E-state index in [1.54, 1.807) is 6.07 Å². The normalized spacial score (nSPS) is 19.0. The molecular weight excluding hydrogens is 295 g/mol. The fourth-order valence-corrected chi connectivity index (χ4v) is 5.06. The van der Waals surface area contributed by atoms with Crippen molar-refractivity contribution in [3.8, 4) is 0 Å². The van der Waals surface area contributed by atoms with E-state index in [0.29, 0.717) is 0 Å². The van der Waals surface area contributed by atoms with Crippen molar-refractivity contribution in [3.05, 3.63) is 59.3 Å². The summed E-state index contributed by atoms with van der Waals surface area (Å²) in [7, 11) is -4.26. The minimum absolute atomic E-state index is 0.243. The standard InChI is InChI=1S/C15H13FO2S2/c1-20(17,18)15-7-6-12(10-13(15)16)19-9-8-11-4-2-3-5-14(11)19/h2-10,19H,1H3. The minimum atomic E-state index is -3.52. The fraction of sp³-hybridized carbons (Fsp3) is 0.0667. The molecule has 1 heterocycles. The monoisotopic (exact) mass is 308 g/mol. The van der Waals surface area contributed by atoms with Gasteiger partial charge in [0.25, 0.3) is 0 Å². The van der Waals surface area contributed by atoms with E-state index in [9.17, 15) is 12.8 Å². The molecular formula is C15H13FO2S2. The Balaban J connectivity index is 2.06. The lowest BCUT2D eigenvalue weighted by atomic mass is 10.2. The molecule has 0 amide bonds. The van der Waals surface area contributed by atoms with Crippen LogP contribution in [-0.4, -0.2) is 14.7 Å². The number of benzene rings is 2. The first-order chi connectivity index (χ1) is 9.47. The second-order valence-electron chi connectivity index (χ2n) is 4.63. The molecule has 0 bridgehead atoms. The van der Waals surface area contributed by atoms with Crippen LogP contribution in [0.1, 0.15) is 5.56 Å². The van der Waals surface area contributed by atoms with E-state index in [-0.39, 0.29) is 4.90 Å². The summed E-state index contributed by atoms with van der Waals surface area (Å²) < 4.78 is 36.9. The summed E-state index contributed by atoms with van der Waals surface area (Å²) in [6.45, 7) is 0. The maximum absolute atomic E-state index is 14.0. The molecule has 2 aromatic carbocycles. The topological polar surface area (TPSA) is 34.1 Å². The molecule has 0 aliphatic carbocycles. The van der Waals surface area contributed by atoms with Crippen LogP contribution in [0.5, 0.6) is 0 Å². The molecule has 0 spiro atoms. The zero-order valence-corrected chi connectivity index (χ0v) is 12.5. The molecule has 5 heteroatoms. The highest BCUT2D eigenvalue weighted by Crippen LogP contribution is 2.52. The Labute approximate surface area is 120 Å². The molecule has 0 saturated heterocycles. The Hall–Kier alpha value is -1.59. The molecule has 1 aliphatic heterocycles. The lowest BCUT2D eigenvalue weighted by molar-refractivity contribution is 0.568. The van der Waals surface area contributed by atoms with Crippen LogP contribution in [0.15, 0.2) is 62.6 Å². The van der Waals surface area contributed by atoms with Gasteiger partial charge in [0.05, 0.1) is 0 Å². The lowest BCUT2D eigenvalue weighted by Crippen LogP contribution is -2.00.